The van der Waals surface area contributed by atoms with Gasteiger partial charge in [-0.25, -0.2) is 4.68 Å². The number of rotatable bonds is 3. The Hall–Kier alpha value is -2.47. The lowest BCUT2D eigenvalue weighted by atomic mass is 10.1. The Labute approximate surface area is 141 Å². The van der Waals surface area contributed by atoms with Crippen LogP contribution in [0.25, 0.3) is 5.69 Å². The minimum Gasteiger partial charge on any atom is -0.348 e. The summed E-state index contributed by atoms with van der Waals surface area (Å²) in [5, 5.41) is 7.26. The summed E-state index contributed by atoms with van der Waals surface area (Å²) in [6.45, 7) is 3.70. The Kier molecular flexibility index (Phi) is 4.76. The van der Waals surface area contributed by atoms with Crippen molar-refractivity contribution >= 4 is 5.91 Å². The number of amides is 1. The van der Waals surface area contributed by atoms with E-state index in [0.717, 1.165) is 31.6 Å². The molecule has 2 heterocycles. The van der Waals surface area contributed by atoms with Gasteiger partial charge in [-0.2, -0.15) is 5.10 Å². The standard InChI is InChI=1S/C18H22N4O2/c1-13-12-16(23)17(20-22(13)15-6-4-3-5-7-15)18(24)19-14-8-10-21(2)11-9-14/h3-7,12,14H,8-11H2,1-2H3,(H,19,24). The molecule has 1 aliphatic heterocycles. The van der Waals surface area contributed by atoms with E-state index >= 15 is 0 Å². The second-order valence-corrected chi connectivity index (χ2v) is 6.30. The number of carbonyl (C=O) groups excluding carboxylic acids is 1. The van der Waals surface area contributed by atoms with Crippen LogP contribution in [0.4, 0.5) is 0 Å². The lowest BCUT2D eigenvalue weighted by molar-refractivity contribution is 0.0909. The Bertz CT molecular complexity index is 777. The summed E-state index contributed by atoms with van der Waals surface area (Å²) < 4.78 is 1.63. The van der Waals surface area contributed by atoms with Gasteiger partial charge in [0, 0.05) is 17.8 Å². The van der Waals surface area contributed by atoms with Crippen LogP contribution < -0.4 is 10.7 Å². The molecule has 1 aromatic heterocycles. The number of aromatic nitrogens is 2. The summed E-state index contributed by atoms with van der Waals surface area (Å²) in [4.78, 5) is 27.0. The molecule has 126 valence electrons. The number of carbonyl (C=O) groups is 1. The first-order valence-electron chi connectivity index (χ1n) is 8.20. The first kappa shape index (κ1) is 16.4. The molecule has 24 heavy (non-hydrogen) atoms. The largest absolute Gasteiger partial charge is 0.348 e. The Morgan fingerprint density at radius 2 is 1.88 bits per heavy atom. The third-order valence-electron chi connectivity index (χ3n) is 4.38. The maximum Gasteiger partial charge on any atom is 0.276 e. The number of hydrogen-bond acceptors (Lipinski definition) is 4. The average Bonchev–Trinajstić information content (AvgIpc) is 2.58. The van der Waals surface area contributed by atoms with Gasteiger partial charge in [0.15, 0.2) is 5.69 Å². The van der Waals surface area contributed by atoms with Crippen LogP contribution in [0.15, 0.2) is 41.2 Å². The number of likely N-dealkylation sites (tertiary alicyclic amines) is 1. The van der Waals surface area contributed by atoms with Crippen LogP contribution in [-0.4, -0.2) is 46.8 Å². The van der Waals surface area contributed by atoms with Gasteiger partial charge in [-0.3, -0.25) is 9.59 Å². The summed E-state index contributed by atoms with van der Waals surface area (Å²) in [6.07, 6.45) is 1.78. The fourth-order valence-corrected chi connectivity index (χ4v) is 2.94. The van der Waals surface area contributed by atoms with Gasteiger partial charge in [0.05, 0.1) is 5.69 Å². The molecule has 1 aliphatic rings. The first-order valence-corrected chi connectivity index (χ1v) is 8.20. The Morgan fingerprint density at radius 1 is 1.21 bits per heavy atom. The normalized spacial score (nSPS) is 16.1. The third kappa shape index (κ3) is 3.54. The predicted molar refractivity (Wildman–Crippen MR) is 92.6 cm³/mol. The monoisotopic (exact) mass is 326 g/mol. The molecule has 0 atom stereocenters. The van der Waals surface area contributed by atoms with Crippen molar-refractivity contribution in [2.45, 2.75) is 25.8 Å². The van der Waals surface area contributed by atoms with E-state index in [1.54, 1.807) is 11.6 Å². The third-order valence-corrected chi connectivity index (χ3v) is 4.38. The van der Waals surface area contributed by atoms with Gasteiger partial charge in [-0.05, 0) is 52.0 Å². The van der Waals surface area contributed by atoms with Gasteiger partial charge in [0.1, 0.15) is 0 Å². The maximum atomic E-state index is 12.5. The quantitative estimate of drug-likeness (QED) is 0.925. The molecule has 0 spiro atoms. The number of benzene rings is 1. The maximum absolute atomic E-state index is 12.5. The number of para-hydroxylation sites is 1. The van der Waals surface area contributed by atoms with E-state index in [0.29, 0.717) is 5.69 Å². The number of nitrogens with one attached hydrogen (secondary N) is 1. The van der Waals surface area contributed by atoms with Crippen LogP contribution in [0.2, 0.25) is 0 Å². The highest BCUT2D eigenvalue weighted by Gasteiger charge is 2.22. The lowest BCUT2D eigenvalue weighted by Crippen LogP contribution is -2.44. The van der Waals surface area contributed by atoms with E-state index < -0.39 is 0 Å². The van der Waals surface area contributed by atoms with Gasteiger partial charge in [0.25, 0.3) is 5.91 Å². The molecule has 0 saturated carbocycles. The fourth-order valence-electron chi connectivity index (χ4n) is 2.94. The second-order valence-electron chi connectivity index (χ2n) is 6.30. The van der Waals surface area contributed by atoms with Crippen molar-refractivity contribution in [3.63, 3.8) is 0 Å². The van der Waals surface area contributed by atoms with Gasteiger partial charge in [-0.1, -0.05) is 18.2 Å². The van der Waals surface area contributed by atoms with Crippen LogP contribution in [0.5, 0.6) is 0 Å². The molecule has 1 aromatic carbocycles. The molecule has 2 aromatic rings. The SMILES string of the molecule is Cc1cc(=O)c(C(=O)NC2CCN(C)CC2)nn1-c1ccccc1. The highest BCUT2D eigenvalue weighted by Crippen LogP contribution is 2.10. The summed E-state index contributed by atoms with van der Waals surface area (Å²) >= 11 is 0. The topological polar surface area (TPSA) is 67.2 Å². The van der Waals surface area contributed by atoms with Gasteiger partial charge in [-0.15, -0.1) is 0 Å². The second kappa shape index (κ2) is 6.97. The number of hydrogen-bond donors (Lipinski definition) is 1. The van der Waals surface area contributed by atoms with Crippen LogP contribution in [0.3, 0.4) is 0 Å². The van der Waals surface area contributed by atoms with Crippen LogP contribution in [-0.2, 0) is 0 Å². The highest BCUT2D eigenvalue weighted by atomic mass is 16.2. The number of piperidine rings is 1. The zero-order valence-electron chi connectivity index (χ0n) is 14.0. The summed E-state index contributed by atoms with van der Waals surface area (Å²) in [5.41, 5.74) is 1.12. The van der Waals surface area contributed by atoms with Crippen molar-refractivity contribution < 1.29 is 4.79 Å². The molecular formula is C18H22N4O2. The minimum absolute atomic E-state index is 0.0524. The molecule has 1 fully saturated rings. The van der Waals surface area contributed by atoms with Crippen molar-refractivity contribution in [2.75, 3.05) is 20.1 Å². The Balaban J connectivity index is 1.85. The molecule has 0 bridgehead atoms. The summed E-state index contributed by atoms with van der Waals surface area (Å²) in [7, 11) is 2.07. The summed E-state index contributed by atoms with van der Waals surface area (Å²) in [5.74, 6) is -0.390. The van der Waals surface area contributed by atoms with E-state index in [1.807, 2.05) is 30.3 Å². The van der Waals surface area contributed by atoms with Crippen LogP contribution in [0.1, 0.15) is 29.0 Å². The van der Waals surface area contributed by atoms with E-state index in [9.17, 15) is 9.59 Å². The van der Waals surface area contributed by atoms with E-state index in [2.05, 4.69) is 22.4 Å². The molecule has 6 nitrogen and oxygen atoms in total. The van der Waals surface area contributed by atoms with Gasteiger partial charge >= 0.3 is 0 Å². The zero-order valence-corrected chi connectivity index (χ0v) is 14.0. The van der Waals surface area contributed by atoms with Gasteiger partial charge < -0.3 is 10.2 Å². The summed E-state index contributed by atoms with van der Waals surface area (Å²) in [6, 6.07) is 11.0. The smallest absolute Gasteiger partial charge is 0.276 e. The van der Waals surface area contributed by atoms with Crippen molar-refractivity contribution in [3.8, 4) is 5.69 Å². The molecule has 1 saturated heterocycles. The van der Waals surface area contributed by atoms with Crippen molar-refractivity contribution in [2.24, 2.45) is 0 Å². The van der Waals surface area contributed by atoms with Crippen LogP contribution in [0, 0.1) is 6.92 Å². The van der Waals surface area contributed by atoms with Crippen molar-refractivity contribution in [1.29, 1.82) is 0 Å². The highest BCUT2D eigenvalue weighted by molar-refractivity contribution is 5.92. The fraction of sp³-hybridized carbons (Fsp3) is 0.389. The number of aryl methyl sites for hydroxylation is 1. The van der Waals surface area contributed by atoms with E-state index in [4.69, 9.17) is 0 Å². The molecule has 6 heteroatoms. The molecule has 0 radical (unpaired) electrons. The molecular weight excluding hydrogens is 304 g/mol. The first-order chi connectivity index (χ1) is 11.5. The van der Waals surface area contributed by atoms with Gasteiger partial charge in [0.2, 0.25) is 5.43 Å². The van der Waals surface area contributed by atoms with Crippen molar-refractivity contribution in [3.05, 3.63) is 58.0 Å². The molecule has 1 amide bonds. The molecule has 0 aliphatic carbocycles. The molecule has 3 rings (SSSR count). The average molecular weight is 326 g/mol. The minimum atomic E-state index is -0.390. The van der Waals surface area contributed by atoms with Crippen molar-refractivity contribution in [1.82, 2.24) is 20.0 Å². The number of nitrogens with zero attached hydrogens (tertiary/aromatic N) is 3. The van der Waals surface area contributed by atoms with Crippen LogP contribution >= 0.6 is 0 Å². The van der Waals surface area contributed by atoms with E-state index in [1.165, 1.54) is 6.07 Å². The molecule has 0 unspecified atom stereocenters. The Morgan fingerprint density at radius 3 is 2.54 bits per heavy atom. The predicted octanol–water partition coefficient (Wildman–Crippen LogP) is 1.36. The zero-order chi connectivity index (χ0) is 17.1. The van der Waals surface area contributed by atoms with E-state index in [-0.39, 0.29) is 23.1 Å². The molecule has 1 N–H and O–H groups in total. The lowest BCUT2D eigenvalue weighted by Gasteiger charge is -2.29.